The van der Waals surface area contributed by atoms with Gasteiger partial charge in [-0.1, -0.05) is 30.3 Å². The molecule has 0 aliphatic rings. The van der Waals surface area contributed by atoms with Crippen LogP contribution < -0.4 is 16.0 Å². The molecule has 0 fully saturated rings. The van der Waals surface area contributed by atoms with E-state index in [-0.39, 0.29) is 23.7 Å². The maximum Gasteiger partial charge on any atom is 0.242 e. The van der Waals surface area contributed by atoms with Gasteiger partial charge in [0.2, 0.25) is 10.0 Å². The Morgan fingerprint density at radius 1 is 1.05 bits per heavy atom. The lowest BCUT2D eigenvalue weighted by Gasteiger charge is -2.11. The molecule has 112 valence electrons. The maximum absolute atomic E-state index is 13.4. The number of halogens is 1. The van der Waals surface area contributed by atoms with Gasteiger partial charge in [-0.05, 0) is 30.2 Å². The first-order valence-electron chi connectivity index (χ1n) is 6.33. The molecule has 0 amide bonds. The molecule has 0 unspecified atom stereocenters. The van der Waals surface area contributed by atoms with Gasteiger partial charge in [-0.3, -0.25) is 5.84 Å². The Bertz CT molecular complexity index is 720. The fourth-order valence-electron chi connectivity index (χ4n) is 1.92. The van der Waals surface area contributed by atoms with Gasteiger partial charge in [-0.15, -0.1) is 0 Å². The van der Waals surface area contributed by atoms with Crippen molar-refractivity contribution >= 4 is 15.7 Å². The molecule has 0 saturated carbocycles. The molecule has 2 aromatic carbocycles. The third-order valence-corrected chi connectivity index (χ3v) is 4.50. The number of hydrogen-bond acceptors (Lipinski definition) is 4. The van der Waals surface area contributed by atoms with Crippen LogP contribution in [0.25, 0.3) is 0 Å². The van der Waals surface area contributed by atoms with E-state index >= 15 is 0 Å². The SMILES string of the molecule is NNc1ccccc1S(=O)(=O)NCCc1ccccc1F. The molecule has 0 saturated heterocycles. The van der Waals surface area contributed by atoms with Gasteiger partial charge in [0.15, 0.2) is 0 Å². The average Bonchev–Trinajstić information content (AvgIpc) is 2.49. The molecule has 21 heavy (non-hydrogen) atoms. The Labute approximate surface area is 123 Å². The minimum absolute atomic E-state index is 0.0565. The highest BCUT2D eigenvalue weighted by Gasteiger charge is 2.17. The Morgan fingerprint density at radius 3 is 2.43 bits per heavy atom. The van der Waals surface area contributed by atoms with Gasteiger partial charge in [0.25, 0.3) is 0 Å². The summed E-state index contributed by atoms with van der Waals surface area (Å²) in [6.45, 7) is 0.0994. The highest BCUT2D eigenvalue weighted by atomic mass is 32.2. The second-order valence-corrected chi connectivity index (χ2v) is 6.12. The first-order chi connectivity index (χ1) is 10.0. The van der Waals surface area contributed by atoms with Crippen LogP contribution in [0.1, 0.15) is 5.56 Å². The monoisotopic (exact) mass is 309 g/mol. The Balaban J connectivity index is 2.07. The fraction of sp³-hybridized carbons (Fsp3) is 0.143. The predicted molar refractivity (Wildman–Crippen MR) is 79.5 cm³/mol. The molecule has 4 N–H and O–H groups in total. The van der Waals surface area contributed by atoms with Gasteiger partial charge in [-0.25, -0.2) is 17.5 Å². The van der Waals surface area contributed by atoms with Crippen molar-refractivity contribution in [3.8, 4) is 0 Å². The highest BCUT2D eigenvalue weighted by Crippen LogP contribution is 2.19. The summed E-state index contributed by atoms with van der Waals surface area (Å²) in [4.78, 5) is 0.0565. The Hall–Kier alpha value is -1.96. The second-order valence-electron chi connectivity index (χ2n) is 4.38. The minimum atomic E-state index is -3.70. The summed E-state index contributed by atoms with van der Waals surface area (Å²) in [6.07, 6.45) is 0.268. The summed E-state index contributed by atoms with van der Waals surface area (Å²) in [5.41, 5.74) is 3.10. The molecule has 7 heteroatoms. The van der Waals surface area contributed by atoms with Crippen molar-refractivity contribution in [2.75, 3.05) is 12.0 Å². The maximum atomic E-state index is 13.4. The van der Waals surface area contributed by atoms with Gasteiger partial charge in [0.1, 0.15) is 10.7 Å². The van der Waals surface area contributed by atoms with E-state index in [1.807, 2.05) is 0 Å². The minimum Gasteiger partial charge on any atom is -0.323 e. The summed E-state index contributed by atoms with van der Waals surface area (Å²) in [7, 11) is -3.70. The van der Waals surface area contributed by atoms with Crippen molar-refractivity contribution in [1.82, 2.24) is 4.72 Å². The molecule has 0 atom stereocenters. The van der Waals surface area contributed by atoms with Crippen molar-refractivity contribution in [2.45, 2.75) is 11.3 Å². The first kappa shape index (κ1) is 15.4. The molecule has 2 aromatic rings. The molecule has 0 radical (unpaired) electrons. The Morgan fingerprint density at radius 2 is 1.71 bits per heavy atom. The molecule has 0 aromatic heterocycles. The number of para-hydroxylation sites is 1. The number of rotatable bonds is 6. The molecule has 0 bridgehead atoms. The quantitative estimate of drug-likeness (QED) is 0.559. The number of benzene rings is 2. The van der Waals surface area contributed by atoms with Crippen molar-refractivity contribution in [3.05, 3.63) is 59.9 Å². The van der Waals surface area contributed by atoms with Gasteiger partial charge >= 0.3 is 0 Å². The van der Waals surface area contributed by atoms with E-state index in [0.29, 0.717) is 11.3 Å². The first-order valence-corrected chi connectivity index (χ1v) is 7.81. The summed E-state index contributed by atoms with van der Waals surface area (Å²) in [6, 6.07) is 12.6. The number of nitrogen functional groups attached to an aromatic ring is 1. The van der Waals surface area contributed by atoms with Crippen LogP contribution >= 0.6 is 0 Å². The molecular formula is C14H16FN3O2S. The normalized spacial score (nSPS) is 11.3. The van der Waals surface area contributed by atoms with Gasteiger partial charge in [-0.2, -0.15) is 0 Å². The standard InChI is InChI=1S/C14H16FN3O2S/c15-12-6-2-1-5-11(12)9-10-17-21(19,20)14-8-4-3-7-13(14)18-16/h1-8,17-18H,9-10,16H2. The number of hydrazine groups is 1. The topological polar surface area (TPSA) is 84.2 Å². The summed E-state index contributed by atoms with van der Waals surface area (Å²) in [5, 5.41) is 0. The summed E-state index contributed by atoms with van der Waals surface area (Å²) >= 11 is 0. The highest BCUT2D eigenvalue weighted by molar-refractivity contribution is 7.89. The van der Waals surface area contributed by atoms with Gasteiger partial charge < -0.3 is 5.43 Å². The van der Waals surface area contributed by atoms with E-state index in [0.717, 1.165) is 0 Å². The van der Waals surface area contributed by atoms with Crippen molar-refractivity contribution < 1.29 is 12.8 Å². The van der Waals surface area contributed by atoms with Crippen LogP contribution in [-0.2, 0) is 16.4 Å². The summed E-state index contributed by atoms with van der Waals surface area (Å²) < 4.78 is 40.3. The van der Waals surface area contributed by atoms with Crippen LogP contribution in [0.15, 0.2) is 53.4 Å². The van der Waals surface area contributed by atoms with Crippen LogP contribution in [0.4, 0.5) is 10.1 Å². The van der Waals surface area contributed by atoms with Crippen LogP contribution in [0.3, 0.4) is 0 Å². The van der Waals surface area contributed by atoms with E-state index in [9.17, 15) is 12.8 Å². The van der Waals surface area contributed by atoms with Crippen LogP contribution in [0, 0.1) is 5.82 Å². The number of sulfonamides is 1. The lowest BCUT2D eigenvalue weighted by atomic mass is 10.1. The molecular weight excluding hydrogens is 293 g/mol. The predicted octanol–water partition coefficient (Wildman–Crippen LogP) is 1.63. The van der Waals surface area contributed by atoms with E-state index in [2.05, 4.69) is 10.1 Å². The largest absolute Gasteiger partial charge is 0.323 e. The third kappa shape index (κ3) is 3.78. The second kappa shape index (κ2) is 6.66. The van der Waals surface area contributed by atoms with Gasteiger partial charge in [0, 0.05) is 6.54 Å². The molecule has 0 aliphatic carbocycles. The van der Waals surface area contributed by atoms with E-state index < -0.39 is 10.0 Å². The van der Waals surface area contributed by atoms with Crippen molar-refractivity contribution in [2.24, 2.45) is 5.84 Å². The molecule has 0 aliphatic heterocycles. The zero-order chi connectivity index (χ0) is 15.3. The van der Waals surface area contributed by atoms with Crippen molar-refractivity contribution in [3.63, 3.8) is 0 Å². The zero-order valence-electron chi connectivity index (χ0n) is 11.2. The molecule has 2 rings (SSSR count). The number of nitrogens with one attached hydrogen (secondary N) is 2. The van der Waals surface area contributed by atoms with Gasteiger partial charge in [0.05, 0.1) is 5.69 Å². The van der Waals surface area contributed by atoms with E-state index in [4.69, 9.17) is 5.84 Å². The molecule has 0 spiro atoms. The van der Waals surface area contributed by atoms with Crippen LogP contribution in [-0.4, -0.2) is 15.0 Å². The number of nitrogens with two attached hydrogens (primary N) is 1. The molecule has 0 heterocycles. The lowest BCUT2D eigenvalue weighted by Crippen LogP contribution is -2.27. The average molecular weight is 309 g/mol. The molecule has 5 nitrogen and oxygen atoms in total. The van der Waals surface area contributed by atoms with E-state index in [1.165, 1.54) is 12.1 Å². The fourth-order valence-corrected chi connectivity index (χ4v) is 3.12. The number of anilines is 1. The third-order valence-electron chi connectivity index (χ3n) is 2.98. The summed E-state index contributed by atoms with van der Waals surface area (Å²) in [5.74, 6) is 4.95. The zero-order valence-corrected chi connectivity index (χ0v) is 12.0. The Kier molecular flexibility index (Phi) is 4.89. The van der Waals surface area contributed by atoms with E-state index in [1.54, 1.807) is 36.4 Å². The number of hydrogen-bond donors (Lipinski definition) is 3. The van der Waals surface area contributed by atoms with Crippen LogP contribution in [0.2, 0.25) is 0 Å². The lowest BCUT2D eigenvalue weighted by molar-refractivity contribution is 0.577. The smallest absolute Gasteiger partial charge is 0.242 e. The van der Waals surface area contributed by atoms with Crippen molar-refractivity contribution in [1.29, 1.82) is 0 Å². The van der Waals surface area contributed by atoms with Crippen LogP contribution in [0.5, 0.6) is 0 Å².